The predicted octanol–water partition coefficient (Wildman–Crippen LogP) is 4.59. The highest BCUT2D eigenvalue weighted by atomic mass is 19.4. The second kappa shape index (κ2) is 9.63. The number of hydrogen-bond acceptors (Lipinski definition) is 5. The van der Waals surface area contributed by atoms with E-state index in [1.807, 2.05) is 6.07 Å². The number of halogens is 3. The van der Waals surface area contributed by atoms with Crippen LogP contribution in [0.1, 0.15) is 49.9 Å². The van der Waals surface area contributed by atoms with Gasteiger partial charge in [0.05, 0.1) is 24.7 Å². The summed E-state index contributed by atoms with van der Waals surface area (Å²) in [7, 11) is 2.20. The molecule has 0 radical (unpaired) electrons. The maximum Gasteiger partial charge on any atom is 0.451 e. The van der Waals surface area contributed by atoms with Crippen molar-refractivity contribution in [2.24, 2.45) is 5.92 Å². The molecule has 10 heteroatoms. The number of carbonyl (C=O) groups is 1. The number of amides is 2. The summed E-state index contributed by atoms with van der Waals surface area (Å²) in [6.07, 6.45) is 2.79. The second-order valence-electron chi connectivity index (χ2n) is 10.4. The zero-order valence-electron chi connectivity index (χ0n) is 20.4. The van der Waals surface area contributed by atoms with E-state index in [1.165, 1.54) is 10.5 Å². The molecule has 2 aromatic rings. The minimum absolute atomic E-state index is 0.113. The van der Waals surface area contributed by atoms with Crippen LogP contribution < -0.4 is 10.2 Å². The monoisotopic (exact) mass is 503 g/mol. The molecular formula is C26H32F3N5O2. The number of anilines is 1. The van der Waals surface area contributed by atoms with Crippen molar-refractivity contribution in [3.8, 4) is 0 Å². The van der Waals surface area contributed by atoms with Gasteiger partial charge < -0.3 is 10.1 Å². The van der Waals surface area contributed by atoms with E-state index in [0.717, 1.165) is 64.3 Å². The summed E-state index contributed by atoms with van der Waals surface area (Å²) in [6.45, 7) is 3.01. The Labute approximate surface area is 209 Å². The number of benzene rings is 1. The molecule has 1 unspecified atom stereocenters. The van der Waals surface area contributed by atoms with E-state index in [1.54, 1.807) is 0 Å². The van der Waals surface area contributed by atoms with Crippen LogP contribution >= 0.6 is 0 Å². The van der Waals surface area contributed by atoms with Gasteiger partial charge in [-0.2, -0.15) is 13.2 Å². The highest BCUT2D eigenvalue weighted by Gasteiger charge is 2.49. The van der Waals surface area contributed by atoms with Crippen LogP contribution in [0.5, 0.6) is 0 Å². The van der Waals surface area contributed by atoms with E-state index in [0.29, 0.717) is 18.9 Å². The summed E-state index contributed by atoms with van der Waals surface area (Å²) < 4.78 is 44.0. The quantitative estimate of drug-likeness (QED) is 0.646. The van der Waals surface area contributed by atoms with Gasteiger partial charge in [0, 0.05) is 30.8 Å². The lowest BCUT2D eigenvalue weighted by Gasteiger charge is -2.53. The molecule has 1 aromatic carbocycles. The molecule has 3 aliphatic rings. The molecule has 1 saturated carbocycles. The normalized spacial score (nSPS) is 29.1. The number of hydrogen-bond donors (Lipinski definition) is 1. The van der Waals surface area contributed by atoms with E-state index in [4.69, 9.17) is 4.74 Å². The van der Waals surface area contributed by atoms with E-state index in [9.17, 15) is 18.0 Å². The molecule has 1 aliphatic carbocycles. The van der Waals surface area contributed by atoms with Crippen molar-refractivity contribution in [3.63, 3.8) is 0 Å². The van der Waals surface area contributed by atoms with Crippen LogP contribution in [-0.4, -0.2) is 59.8 Å². The van der Waals surface area contributed by atoms with Gasteiger partial charge >= 0.3 is 12.2 Å². The summed E-state index contributed by atoms with van der Waals surface area (Å²) >= 11 is 0. The van der Waals surface area contributed by atoms with Gasteiger partial charge in [-0.25, -0.2) is 14.8 Å². The number of alkyl halides is 3. The molecule has 1 N–H and O–H groups in total. The third kappa shape index (κ3) is 4.80. The Morgan fingerprint density at radius 3 is 2.39 bits per heavy atom. The summed E-state index contributed by atoms with van der Waals surface area (Å²) in [5, 5.41) is 3.20. The third-order valence-electron chi connectivity index (χ3n) is 8.27. The van der Waals surface area contributed by atoms with Crippen LogP contribution in [0.2, 0.25) is 0 Å². The number of carbonyl (C=O) groups excluding carboxylic acids is 1. The standard InChI is InChI=1S/C26H32F3N5O2/c1-33(17-19-7-14-36-18-19)25(20-5-3-2-4-6-20)10-8-24(9-11-25)12-13-34(23(35)32-24)21-15-30-22(31-16-21)26(27,28)29/h2-6,15-16,19H,7-14,17-18H2,1H3,(H,32,35)/t19?,24-,25+. The Balaban J connectivity index is 1.29. The first-order valence-electron chi connectivity index (χ1n) is 12.5. The van der Waals surface area contributed by atoms with Crippen molar-refractivity contribution in [1.29, 1.82) is 0 Å². The van der Waals surface area contributed by atoms with E-state index < -0.39 is 12.0 Å². The summed E-state index contributed by atoms with van der Waals surface area (Å²) in [6, 6.07) is 10.3. The zero-order chi connectivity index (χ0) is 25.4. The fraction of sp³-hybridized carbons (Fsp3) is 0.577. The topological polar surface area (TPSA) is 70.6 Å². The smallest absolute Gasteiger partial charge is 0.381 e. The summed E-state index contributed by atoms with van der Waals surface area (Å²) in [5.41, 5.74) is 1.13. The Hall–Kier alpha value is -2.72. The van der Waals surface area contributed by atoms with Gasteiger partial charge in [0.25, 0.3) is 0 Å². The van der Waals surface area contributed by atoms with Crippen molar-refractivity contribution in [1.82, 2.24) is 20.2 Å². The van der Waals surface area contributed by atoms with E-state index in [2.05, 4.69) is 51.5 Å². The third-order valence-corrected chi connectivity index (χ3v) is 8.27. The molecule has 36 heavy (non-hydrogen) atoms. The Morgan fingerprint density at radius 1 is 1.11 bits per heavy atom. The van der Waals surface area contributed by atoms with Gasteiger partial charge in [-0.15, -0.1) is 0 Å². The first-order chi connectivity index (χ1) is 17.2. The van der Waals surface area contributed by atoms with Gasteiger partial charge in [0.15, 0.2) is 0 Å². The molecule has 0 bridgehead atoms. The summed E-state index contributed by atoms with van der Waals surface area (Å²) in [4.78, 5) is 23.8. The second-order valence-corrected chi connectivity index (χ2v) is 10.4. The molecule has 3 fully saturated rings. The Bertz CT molecular complexity index is 1050. The lowest BCUT2D eigenvalue weighted by molar-refractivity contribution is -0.144. The molecular weight excluding hydrogens is 471 g/mol. The number of urea groups is 1. The maximum atomic E-state index is 13.1. The average Bonchev–Trinajstić information content (AvgIpc) is 3.38. The average molecular weight is 504 g/mol. The number of nitrogens with one attached hydrogen (secondary N) is 1. The van der Waals surface area contributed by atoms with Gasteiger partial charge in [0.1, 0.15) is 0 Å². The zero-order valence-corrected chi connectivity index (χ0v) is 20.4. The number of aromatic nitrogens is 2. The van der Waals surface area contributed by atoms with Crippen LogP contribution in [0.4, 0.5) is 23.7 Å². The number of nitrogens with zero attached hydrogens (tertiary/aromatic N) is 4. The van der Waals surface area contributed by atoms with Crippen LogP contribution in [0.3, 0.4) is 0 Å². The Morgan fingerprint density at radius 2 is 1.81 bits per heavy atom. The number of ether oxygens (including phenoxy) is 1. The van der Waals surface area contributed by atoms with Gasteiger partial charge in [-0.05, 0) is 57.1 Å². The van der Waals surface area contributed by atoms with Gasteiger partial charge in [0.2, 0.25) is 5.82 Å². The van der Waals surface area contributed by atoms with Crippen LogP contribution in [0, 0.1) is 5.92 Å². The van der Waals surface area contributed by atoms with E-state index in [-0.39, 0.29) is 22.8 Å². The lowest BCUT2D eigenvalue weighted by atomic mass is 9.67. The fourth-order valence-electron chi connectivity index (χ4n) is 6.08. The number of rotatable bonds is 5. The molecule has 1 aromatic heterocycles. The predicted molar refractivity (Wildman–Crippen MR) is 128 cm³/mol. The van der Waals surface area contributed by atoms with Crippen molar-refractivity contribution in [2.45, 2.75) is 55.8 Å². The minimum Gasteiger partial charge on any atom is -0.381 e. The molecule has 1 atom stereocenters. The van der Waals surface area contributed by atoms with E-state index >= 15 is 0 Å². The molecule has 3 heterocycles. The van der Waals surface area contributed by atoms with Crippen molar-refractivity contribution < 1.29 is 22.7 Å². The molecule has 5 rings (SSSR count). The highest BCUT2D eigenvalue weighted by molar-refractivity contribution is 5.93. The molecule has 2 aliphatic heterocycles. The van der Waals surface area contributed by atoms with Crippen molar-refractivity contribution >= 4 is 11.7 Å². The van der Waals surface area contributed by atoms with Gasteiger partial charge in [-0.3, -0.25) is 9.80 Å². The molecule has 2 amide bonds. The SMILES string of the molecule is CN(CC1CCOC1)[C@]1(c2ccccc2)CC[C@@]2(CCN(c3cnc(C(F)(F)F)nc3)C(=O)N2)CC1. The highest BCUT2D eigenvalue weighted by Crippen LogP contribution is 2.47. The first kappa shape index (κ1) is 25.0. The molecule has 2 saturated heterocycles. The van der Waals surface area contributed by atoms with Crippen LogP contribution in [0.15, 0.2) is 42.7 Å². The van der Waals surface area contributed by atoms with Crippen molar-refractivity contribution in [2.75, 3.05) is 38.3 Å². The van der Waals surface area contributed by atoms with Crippen molar-refractivity contribution in [3.05, 3.63) is 54.1 Å². The summed E-state index contributed by atoms with van der Waals surface area (Å²) in [5.74, 6) is -0.682. The molecule has 1 spiro atoms. The lowest BCUT2D eigenvalue weighted by Crippen LogP contribution is -2.63. The molecule has 7 nitrogen and oxygen atoms in total. The first-order valence-corrected chi connectivity index (χ1v) is 12.5. The fourth-order valence-corrected chi connectivity index (χ4v) is 6.08. The van der Waals surface area contributed by atoms with Crippen LogP contribution in [-0.2, 0) is 16.5 Å². The van der Waals surface area contributed by atoms with Gasteiger partial charge in [-0.1, -0.05) is 30.3 Å². The maximum absolute atomic E-state index is 13.1. The van der Waals surface area contributed by atoms with Crippen LogP contribution in [0.25, 0.3) is 0 Å². The molecule has 194 valence electrons. The minimum atomic E-state index is -4.61. The Kier molecular flexibility index (Phi) is 6.67. The largest absolute Gasteiger partial charge is 0.451 e.